The van der Waals surface area contributed by atoms with E-state index in [1.54, 1.807) is 7.11 Å². The van der Waals surface area contributed by atoms with Crippen molar-refractivity contribution in [2.75, 3.05) is 26.7 Å². The van der Waals surface area contributed by atoms with Crippen LogP contribution in [0.5, 0.6) is 5.75 Å². The summed E-state index contributed by atoms with van der Waals surface area (Å²) in [7, 11) is 1.63. The Kier molecular flexibility index (Phi) is 3.37. The van der Waals surface area contributed by atoms with Crippen molar-refractivity contribution in [3.63, 3.8) is 0 Å². The van der Waals surface area contributed by atoms with E-state index < -0.39 is 0 Å². The van der Waals surface area contributed by atoms with Gasteiger partial charge in [0.2, 0.25) is 0 Å². The Morgan fingerprint density at radius 2 is 2.23 bits per heavy atom. The molecule has 0 amide bonds. The monoisotopic (exact) mass is 299 g/mol. The molecule has 1 N–H and O–H groups in total. The molecular formula is C17H21N3O2. The minimum Gasteiger partial charge on any atom is -0.497 e. The second kappa shape index (κ2) is 5.39. The molecule has 0 aliphatic carbocycles. The van der Waals surface area contributed by atoms with Gasteiger partial charge in [-0.05, 0) is 56.0 Å². The highest BCUT2D eigenvalue weighted by Gasteiger charge is 2.35. The molecule has 0 unspecified atom stereocenters. The number of nitrogens with one attached hydrogen (secondary N) is 1. The number of hydrogen-bond acceptors (Lipinski definition) is 4. The van der Waals surface area contributed by atoms with Crippen LogP contribution in [0.15, 0.2) is 18.2 Å². The Hall–Kier alpha value is -1.88. The standard InChI is InChI=1S/C17H21N3O2/c1-22-13-2-3-15-14(9-13)17(19-18-15)16(21)8-12-10-20-6-4-11(12)5-7-20/h2-3,9,11-12H,4-8,10H2,1H3,(H,18,19)/t12-/m0/s1. The molecule has 22 heavy (non-hydrogen) atoms. The van der Waals surface area contributed by atoms with E-state index in [9.17, 15) is 4.79 Å². The maximum Gasteiger partial charge on any atom is 0.184 e. The number of carbonyl (C=O) groups excluding carboxylic acids is 1. The molecule has 0 saturated carbocycles. The Labute approximate surface area is 129 Å². The van der Waals surface area contributed by atoms with Gasteiger partial charge in [-0.3, -0.25) is 9.89 Å². The van der Waals surface area contributed by atoms with Crippen LogP contribution in [-0.2, 0) is 0 Å². The van der Waals surface area contributed by atoms with Gasteiger partial charge in [0.25, 0.3) is 0 Å². The van der Waals surface area contributed by atoms with E-state index in [0.29, 0.717) is 24.0 Å². The predicted molar refractivity (Wildman–Crippen MR) is 84.2 cm³/mol. The number of benzene rings is 1. The number of aromatic amines is 1. The van der Waals surface area contributed by atoms with Gasteiger partial charge in [-0.1, -0.05) is 0 Å². The summed E-state index contributed by atoms with van der Waals surface area (Å²) in [5.41, 5.74) is 1.45. The Bertz CT molecular complexity index is 701. The first-order valence-corrected chi connectivity index (χ1v) is 8.02. The maximum absolute atomic E-state index is 12.7. The summed E-state index contributed by atoms with van der Waals surface area (Å²) in [6.07, 6.45) is 3.10. The maximum atomic E-state index is 12.7. The van der Waals surface area contributed by atoms with Gasteiger partial charge in [-0.15, -0.1) is 0 Å². The van der Waals surface area contributed by atoms with Crippen molar-refractivity contribution >= 4 is 16.7 Å². The van der Waals surface area contributed by atoms with E-state index in [1.165, 1.54) is 25.9 Å². The number of ether oxygens (including phenoxy) is 1. The highest BCUT2D eigenvalue weighted by Crippen LogP contribution is 2.35. The molecule has 3 aliphatic rings. The van der Waals surface area contributed by atoms with Gasteiger partial charge in [0, 0.05) is 18.4 Å². The van der Waals surface area contributed by atoms with Crippen molar-refractivity contribution in [2.24, 2.45) is 11.8 Å². The summed E-state index contributed by atoms with van der Waals surface area (Å²) < 4.78 is 5.26. The smallest absolute Gasteiger partial charge is 0.184 e. The van der Waals surface area contributed by atoms with E-state index in [1.807, 2.05) is 18.2 Å². The SMILES string of the molecule is COc1ccc2[nH]nc(C(=O)C[C@H]3CN4CCC3CC4)c2c1. The third-order valence-corrected chi connectivity index (χ3v) is 5.27. The number of methoxy groups -OCH3 is 1. The predicted octanol–water partition coefficient (Wildman–Crippen LogP) is 2.49. The van der Waals surface area contributed by atoms with Crippen molar-refractivity contribution < 1.29 is 9.53 Å². The summed E-state index contributed by atoms with van der Waals surface area (Å²) in [6, 6.07) is 5.68. The van der Waals surface area contributed by atoms with Crippen LogP contribution >= 0.6 is 0 Å². The first-order chi connectivity index (χ1) is 10.7. The third kappa shape index (κ3) is 2.29. The van der Waals surface area contributed by atoms with E-state index in [4.69, 9.17) is 4.74 Å². The van der Waals surface area contributed by atoms with E-state index in [0.717, 1.165) is 23.2 Å². The van der Waals surface area contributed by atoms with E-state index in [-0.39, 0.29) is 5.78 Å². The molecule has 5 rings (SSSR count). The Morgan fingerprint density at radius 1 is 1.41 bits per heavy atom. The molecule has 1 aromatic carbocycles. The summed E-state index contributed by atoms with van der Waals surface area (Å²) >= 11 is 0. The number of hydrogen-bond donors (Lipinski definition) is 1. The van der Waals surface area contributed by atoms with Crippen LogP contribution in [0, 0.1) is 11.8 Å². The molecule has 5 nitrogen and oxygen atoms in total. The molecule has 0 radical (unpaired) electrons. The number of Topliss-reactive ketones (excluding diaryl/α,β-unsaturated/α-hetero) is 1. The van der Waals surface area contributed by atoms with Gasteiger partial charge >= 0.3 is 0 Å². The van der Waals surface area contributed by atoms with Crippen molar-refractivity contribution in [1.29, 1.82) is 0 Å². The first-order valence-electron chi connectivity index (χ1n) is 8.02. The fourth-order valence-electron chi connectivity index (χ4n) is 3.99. The summed E-state index contributed by atoms with van der Waals surface area (Å²) in [6.45, 7) is 3.48. The molecule has 1 atom stereocenters. The lowest BCUT2D eigenvalue weighted by Crippen LogP contribution is -2.47. The van der Waals surface area contributed by atoms with Crippen molar-refractivity contribution in [3.8, 4) is 5.75 Å². The molecule has 1 aromatic heterocycles. The molecule has 3 saturated heterocycles. The second-order valence-electron chi connectivity index (χ2n) is 6.51. The van der Waals surface area contributed by atoms with Crippen molar-refractivity contribution in [3.05, 3.63) is 23.9 Å². The minimum absolute atomic E-state index is 0.151. The minimum atomic E-state index is 0.151. The number of fused-ring (bicyclic) bond motifs is 4. The van der Waals surface area contributed by atoms with Crippen LogP contribution in [0.1, 0.15) is 29.8 Å². The number of aromatic nitrogens is 2. The number of piperidine rings is 3. The molecule has 3 fully saturated rings. The summed E-state index contributed by atoms with van der Waals surface area (Å²) in [4.78, 5) is 15.2. The lowest BCUT2D eigenvalue weighted by atomic mass is 9.76. The lowest BCUT2D eigenvalue weighted by molar-refractivity contribution is 0.0440. The molecular weight excluding hydrogens is 278 g/mol. The van der Waals surface area contributed by atoms with Gasteiger partial charge in [-0.25, -0.2) is 0 Å². The fraction of sp³-hybridized carbons (Fsp3) is 0.529. The fourth-order valence-corrected chi connectivity index (χ4v) is 3.99. The zero-order valence-corrected chi connectivity index (χ0v) is 12.8. The number of carbonyl (C=O) groups is 1. The van der Waals surface area contributed by atoms with E-state index in [2.05, 4.69) is 15.1 Å². The molecule has 2 aromatic rings. The molecule has 4 heterocycles. The first kappa shape index (κ1) is 13.8. The van der Waals surface area contributed by atoms with Crippen LogP contribution in [0.4, 0.5) is 0 Å². The highest BCUT2D eigenvalue weighted by atomic mass is 16.5. The second-order valence-corrected chi connectivity index (χ2v) is 6.51. The summed E-state index contributed by atoms with van der Waals surface area (Å²) in [5.74, 6) is 2.12. The molecule has 0 spiro atoms. The zero-order chi connectivity index (χ0) is 15.1. The normalized spacial score (nSPS) is 27.2. The Balaban J connectivity index is 1.57. The highest BCUT2D eigenvalue weighted by molar-refractivity contribution is 6.06. The van der Waals surface area contributed by atoms with Crippen LogP contribution in [-0.4, -0.2) is 47.6 Å². The van der Waals surface area contributed by atoms with Gasteiger partial charge in [-0.2, -0.15) is 5.10 Å². The molecule has 3 aliphatic heterocycles. The van der Waals surface area contributed by atoms with Gasteiger partial charge in [0.1, 0.15) is 11.4 Å². The molecule has 5 heteroatoms. The van der Waals surface area contributed by atoms with Crippen molar-refractivity contribution in [1.82, 2.24) is 15.1 Å². The lowest BCUT2D eigenvalue weighted by Gasteiger charge is -2.44. The van der Waals surface area contributed by atoms with Crippen LogP contribution in [0.25, 0.3) is 10.9 Å². The van der Waals surface area contributed by atoms with Crippen LogP contribution in [0.2, 0.25) is 0 Å². The average molecular weight is 299 g/mol. The average Bonchev–Trinajstić information content (AvgIpc) is 2.99. The van der Waals surface area contributed by atoms with E-state index >= 15 is 0 Å². The Morgan fingerprint density at radius 3 is 2.91 bits per heavy atom. The van der Waals surface area contributed by atoms with Crippen molar-refractivity contribution in [2.45, 2.75) is 19.3 Å². The number of H-pyrrole nitrogens is 1. The topological polar surface area (TPSA) is 58.2 Å². The van der Waals surface area contributed by atoms with Gasteiger partial charge in [0.05, 0.1) is 12.6 Å². The van der Waals surface area contributed by atoms with Crippen LogP contribution < -0.4 is 4.74 Å². The third-order valence-electron chi connectivity index (χ3n) is 5.27. The zero-order valence-electron chi connectivity index (χ0n) is 12.8. The van der Waals surface area contributed by atoms with Crippen LogP contribution in [0.3, 0.4) is 0 Å². The number of ketones is 1. The largest absolute Gasteiger partial charge is 0.497 e. The summed E-state index contributed by atoms with van der Waals surface area (Å²) in [5, 5.41) is 8.08. The number of rotatable bonds is 4. The van der Waals surface area contributed by atoms with Gasteiger partial charge in [0.15, 0.2) is 5.78 Å². The molecule has 2 bridgehead atoms. The molecule has 116 valence electrons. The van der Waals surface area contributed by atoms with Gasteiger partial charge < -0.3 is 9.64 Å². The quantitative estimate of drug-likeness (QED) is 0.881. The number of nitrogens with zero attached hydrogens (tertiary/aromatic N) is 2.